The number of rotatable bonds is 4. The van der Waals surface area contributed by atoms with Crippen LogP contribution in [0.15, 0.2) is 34.8 Å². The molecule has 0 aliphatic heterocycles. The van der Waals surface area contributed by atoms with Gasteiger partial charge in [0.1, 0.15) is 5.82 Å². The number of halogens is 3. The Bertz CT molecular complexity index is 572. The molecule has 2 unspecified atom stereocenters. The number of thiophene rings is 1. The smallest absolute Gasteiger partial charge is 0.137 e. The van der Waals surface area contributed by atoms with E-state index in [1.54, 1.807) is 23.5 Å². The minimum absolute atomic E-state index is 0.132. The molecule has 19 heavy (non-hydrogen) atoms. The lowest BCUT2D eigenvalue weighted by molar-refractivity contribution is 0.499. The van der Waals surface area contributed by atoms with Crippen LogP contribution in [0, 0.1) is 5.82 Å². The highest BCUT2D eigenvalue weighted by molar-refractivity contribution is 9.10. The van der Waals surface area contributed by atoms with Gasteiger partial charge in [-0.25, -0.2) is 4.39 Å². The number of nitrogens with one attached hydrogen (secondary N) is 1. The van der Waals surface area contributed by atoms with Gasteiger partial charge < -0.3 is 5.32 Å². The van der Waals surface area contributed by atoms with Gasteiger partial charge >= 0.3 is 0 Å². The van der Waals surface area contributed by atoms with Crippen LogP contribution in [0.1, 0.15) is 36.4 Å². The SMILES string of the molecule is CC(NC(C)c1ccc(Cl)s1)c1ccc(F)c(Br)c1. The maximum Gasteiger partial charge on any atom is 0.137 e. The van der Waals surface area contributed by atoms with Crippen molar-refractivity contribution >= 4 is 38.9 Å². The summed E-state index contributed by atoms with van der Waals surface area (Å²) in [4.78, 5) is 1.19. The van der Waals surface area contributed by atoms with Gasteiger partial charge in [0.25, 0.3) is 0 Å². The molecule has 2 atom stereocenters. The zero-order chi connectivity index (χ0) is 14.0. The molecular weight excluding hydrogens is 349 g/mol. The monoisotopic (exact) mass is 361 g/mol. The molecule has 1 nitrogen and oxygen atoms in total. The molecule has 0 spiro atoms. The summed E-state index contributed by atoms with van der Waals surface area (Å²) < 4.78 is 14.5. The van der Waals surface area contributed by atoms with E-state index in [1.165, 1.54) is 10.9 Å². The second-order valence-corrected chi connectivity index (χ2v) is 7.03. The Morgan fingerprint density at radius 2 is 1.95 bits per heavy atom. The lowest BCUT2D eigenvalue weighted by Gasteiger charge is -2.19. The summed E-state index contributed by atoms with van der Waals surface area (Å²) in [7, 11) is 0. The van der Waals surface area contributed by atoms with Gasteiger partial charge in [-0.3, -0.25) is 0 Å². The van der Waals surface area contributed by atoms with E-state index in [0.29, 0.717) is 4.47 Å². The first kappa shape index (κ1) is 15.0. The minimum atomic E-state index is -0.242. The van der Waals surface area contributed by atoms with Crippen LogP contribution in [0.3, 0.4) is 0 Å². The molecule has 102 valence electrons. The fraction of sp³-hybridized carbons (Fsp3) is 0.286. The average molecular weight is 363 g/mol. The van der Waals surface area contributed by atoms with Crippen molar-refractivity contribution in [3.8, 4) is 0 Å². The van der Waals surface area contributed by atoms with Crippen molar-refractivity contribution in [3.05, 3.63) is 55.4 Å². The first-order valence-electron chi connectivity index (χ1n) is 5.93. The largest absolute Gasteiger partial charge is 0.303 e. The highest BCUT2D eigenvalue weighted by atomic mass is 79.9. The van der Waals surface area contributed by atoms with Crippen LogP contribution in [0.4, 0.5) is 4.39 Å². The molecule has 0 saturated carbocycles. The third-order valence-corrected chi connectivity index (χ3v) is 4.99. The number of benzene rings is 1. The number of hydrogen-bond donors (Lipinski definition) is 1. The van der Waals surface area contributed by atoms with E-state index in [9.17, 15) is 4.39 Å². The summed E-state index contributed by atoms with van der Waals surface area (Å²) in [6, 6.07) is 9.35. The van der Waals surface area contributed by atoms with Crippen LogP contribution in [0.25, 0.3) is 0 Å². The highest BCUT2D eigenvalue weighted by Crippen LogP contribution is 2.29. The van der Waals surface area contributed by atoms with Crippen LogP contribution in [-0.4, -0.2) is 0 Å². The normalized spacial score (nSPS) is 14.4. The van der Waals surface area contributed by atoms with Gasteiger partial charge in [-0.05, 0) is 59.6 Å². The Balaban J connectivity index is 2.07. The standard InChI is InChI=1S/C14H14BrClFNS/c1-8(10-3-4-12(17)11(15)7-10)18-9(2)13-5-6-14(16)19-13/h3-9,18H,1-2H3. The summed E-state index contributed by atoms with van der Waals surface area (Å²) in [5.41, 5.74) is 1.04. The van der Waals surface area contributed by atoms with Crippen molar-refractivity contribution in [1.82, 2.24) is 5.32 Å². The molecule has 1 aromatic carbocycles. The quantitative estimate of drug-likeness (QED) is 0.734. The molecule has 1 aromatic heterocycles. The zero-order valence-corrected chi connectivity index (χ0v) is 13.7. The Morgan fingerprint density at radius 1 is 1.21 bits per heavy atom. The second-order valence-electron chi connectivity index (χ2n) is 4.43. The highest BCUT2D eigenvalue weighted by Gasteiger charge is 2.13. The van der Waals surface area contributed by atoms with Crippen molar-refractivity contribution in [2.75, 3.05) is 0 Å². The molecule has 2 rings (SSSR count). The van der Waals surface area contributed by atoms with E-state index in [2.05, 4.69) is 35.1 Å². The predicted octanol–water partition coefficient (Wildman–Crippen LogP) is 5.71. The third-order valence-electron chi connectivity index (χ3n) is 2.96. The average Bonchev–Trinajstić information content (AvgIpc) is 2.79. The molecule has 1 N–H and O–H groups in total. The van der Waals surface area contributed by atoms with Crippen LogP contribution >= 0.6 is 38.9 Å². The lowest BCUT2D eigenvalue weighted by Crippen LogP contribution is -2.21. The van der Waals surface area contributed by atoms with Crippen molar-refractivity contribution in [1.29, 1.82) is 0 Å². The fourth-order valence-electron chi connectivity index (χ4n) is 1.90. The second kappa shape index (κ2) is 6.35. The summed E-state index contributed by atoms with van der Waals surface area (Å²) in [5.74, 6) is -0.242. The summed E-state index contributed by atoms with van der Waals surface area (Å²) in [5, 5.41) is 3.48. The van der Waals surface area contributed by atoms with Crippen molar-refractivity contribution < 1.29 is 4.39 Å². The maximum absolute atomic E-state index is 13.2. The Hall–Kier alpha value is -0.420. The van der Waals surface area contributed by atoms with E-state index in [-0.39, 0.29) is 17.9 Å². The number of hydrogen-bond acceptors (Lipinski definition) is 2. The minimum Gasteiger partial charge on any atom is -0.303 e. The van der Waals surface area contributed by atoms with Gasteiger partial charge in [-0.15, -0.1) is 11.3 Å². The summed E-state index contributed by atoms with van der Waals surface area (Å²) in [6.07, 6.45) is 0. The predicted molar refractivity (Wildman–Crippen MR) is 83.4 cm³/mol. The van der Waals surface area contributed by atoms with Crippen molar-refractivity contribution in [3.63, 3.8) is 0 Å². The third kappa shape index (κ3) is 3.78. The van der Waals surface area contributed by atoms with E-state index < -0.39 is 0 Å². The molecule has 1 heterocycles. The Labute approximate surface area is 129 Å². The van der Waals surface area contributed by atoms with Crippen LogP contribution in [-0.2, 0) is 0 Å². The van der Waals surface area contributed by atoms with Gasteiger partial charge in [0.05, 0.1) is 8.81 Å². The molecule has 0 aliphatic carbocycles. The molecular formula is C14H14BrClFNS. The van der Waals surface area contributed by atoms with Gasteiger partial charge in [0, 0.05) is 17.0 Å². The van der Waals surface area contributed by atoms with Crippen LogP contribution in [0.2, 0.25) is 4.34 Å². The molecule has 0 saturated heterocycles. The summed E-state index contributed by atoms with van der Waals surface area (Å²) >= 11 is 10.7. The summed E-state index contributed by atoms with van der Waals surface area (Å²) in [6.45, 7) is 4.16. The van der Waals surface area contributed by atoms with Gasteiger partial charge in [-0.1, -0.05) is 17.7 Å². The van der Waals surface area contributed by atoms with Crippen LogP contribution in [0.5, 0.6) is 0 Å². The molecule has 0 radical (unpaired) electrons. The fourth-order valence-corrected chi connectivity index (χ4v) is 3.36. The first-order valence-corrected chi connectivity index (χ1v) is 7.92. The molecule has 5 heteroatoms. The first-order chi connectivity index (χ1) is 8.97. The van der Waals surface area contributed by atoms with Crippen LogP contribution < -0.4 is 5.32 Å². The molecule has 0 fully saturated rings. The molecule has 0 bridgehead atoms. The van der Waals surface area contributed by atoms with E-state index in [0.717, 1.165) is 9.90 Å². The van der Waals surface area contributed by atoms with Gasteiger partial charge in [0.2, 0.25) is 0 Å². The van der Waals surface area contributed by atoms with Crippen molar-refractivity contribution in [2.24, 2.45) is 0 Å². The molecule has 0 amide bonds. The topological polar surface area (TPSA) is 12.0 Å². The van der Waals surface area contributed by atoms with Crippen molar-refractivity contribution in [2.45, 2.75) is 25.9 Å². The van der Waals surface area contributed by atoms with Gasteiger partial charge in [-0.2, -0.15) is 0 Å². The zero-order valence-electron chi connectivity index (χ0n) is 10.6. The van der Waals surface area contributed by atoms with Gasteiger partial charge in [0.15, 0.2) is 0 Å². The van der Waals surface area contributed by atoms with E-state index >= 15 is 0 Å². The van der Waals surface area contributed by atoms with E-state index in [1.807, 2.05) is 12.1 Å². The Kier molecular flexibility index (Phi) is 5.01. The van der Waals surface area contributed by atoms with E-state index in [4.69, 9.17) is 11.6 Å². The molecule has 2 aromatic rings. The lowest BCUT2D eigenvalue weighted by atomic mass is 10.1. The molecule has 0 aliphatic rings. The Morgan fingerprint density at radius 3 is 2.53 bits per heavy atom. The maximum atomic E-state index is 13.2.